The van der Waals surface area contributed by atoms with Gasteiger partial charge in [0.1, 0.15) is 5.75 Å². The Bertz CT molecular complexity index is 860. The Labute approximate surface area is 145 Å². The first kappa shape index (κ1) is 17.2. The molecule has 0 aliphatic carbocycles. The first-order valence-electron chi connectivity index (χ1n) is 6.17. The predicted octanol–water partition coefficient (Wildman–Crippen LogP) is 0.987. The number of aromatic amines is 2. The van der Waals surface area contributed by atoms with Gasteiger partial charge >= 0.3 is 5.69 Å². The van der Waals surface area contributed by atoms with E-state index in [-0.39, 0.29) is 17.9 Å². The molecule has 0 aliphatic heterocycles. The van der Waals surface area contributed by atoms with Crippen LogP contribution in [0.25, 0.3) is 0 Å². The van der Waals surface area contributed by atoms with Crippen LogP contribution in [0.1, 0.15) is 11.3 Å². The van der Waals surface area contributed by atoms with E-state index in [0.717, 1.165) is 10.5 Å². The minimum absolute atomic E-state index is 0.0230. The second-order valence-corrected chi connectivity index (χ2v) is 6.18. The van der Waals surface area contributed by atoms with Crippen molar-refractivity contribution in [3.8, 4) is 5.75 Å². The van der Waals surface area contributed by atoms with Crippen LogP contribution in [0.4, 0.5) is 0 Å². The molecule has 0 radical (unpaired) electrons. The number of hydrogen-bond acceptors (Lipinski definition) is 5. The highest BCUT2D eigenvalue weighted by Gasteiger charge is 2.07. The number of benzene rings is 1. The summed E-state index contributed by atoms with van der Waals surface area (Å²) in [5, 5.41) is 13.6. The maximum Gasteiger partial charge on any atom is 0.325 e. The normalized spacial score (nSPS) is 10.9. The fourth-order valence-corrected chi connectivity index (χ4v) is 2.94. The van der Waals surface area contributed by atoms with E-state index in [4.69, 9.17) is 0 Å². The summed E-state index contributed by atoms with van der Waals surface area (Å²) in [5.74, 6) is -0.554. The fraction of sp³-hybridized carbons (Fsp3) is 0.0769. The van der Waals surface area contributed by atoms with Gasteiger partial charge in [0, 0.05) is 21.8 Å². The van der Waals surface area contributed by atoms with Crippen molar-refractivity contribution in [2.24, 2.45) is 5.10 Å². The number of rotatable bonds is 4. The van der Waals surface area contributed by atoms with Crippen LogP contribution in [0.2, 0.25) is 0 Å². The minimum Gasteiger partial charge on any atom is -0.506 e. The number of nitrogens with zero attached hydrogens (tertiary/aromatic N) is 1. The Morgan fingerprint density at radius 1 is 1.26 bits per heavy atom. The number of nitrogens with one attached hydrogen (secondary N) is 3. The second-order valence-electron chi connectivity index (χ2n) is 4.41. The monoisotopic (exact) mass is 444 g/mol. The summed E-state index contributed by atoms with van der Waals surface area (Å²) < 4.78 is 1.19. The number of phenols is 1. The molecule has 1 heterocycles. The van der Waals surface area contributed by atoms with Gasteiger partial charge in [-0.25, -0.2) is 10.2 Å². The molecule has 0 saturated carbocycles. The van der Waals surface area contributed by atoms with Gasteiger partial charge in [-0.05, 0) is 28.1 Å². The molecule has 1 aromatic carbocycles. The summed E-state index contributed by atoms with van der Waals surface area (Å²) in [6.07, 6.45) is 1.05. The number of amides is 1. The molecule has 2 rings (SSSR count). The van der Waals surface area contributed by atoms with Gasteiger partial charge in [-0.15, -0.1) is 0 Å². The van der Waals surface area contributed by atoms with Crippen LogP contribution in [-0.4, -0.2) is 27.2 Å². The van der Waals surface area contributed by atoms with Crippen molar-refractivity contribution in [1.29, 1.82) is 0 Å². The number of halogens is 2. The average Bonchev–Trinajstić information content (AvgIpc) is 2.42. The zero-order valence-electron chi connectivity index (χ0n) is 11.4. The van der Waals surface area contributed by atoms with Gasteiger partial charge in [0.15, 0.2) is 0 Å². The third-order valence-electron chi connectivity index (χ3n) is 2.62. The number of H-pyrrole nitrogens is 2. The van der Waals surface area contributed by atoms with Gasteiger partial charge in [-0.1, -0.05) is 15.9 Å². The molecule has 0 aliphatic rings. The van der Waals surface area contributed by atoms with Gasteiger partial charge in [-0.3, -0.25) is 14.6 Å². The largest absolute Gasteiger partial charge is 0.506 e. The molecule has 0 saturated heterocycles. The molecule has 0 spiro atoms. The molecule has 4 N–H and O–H groups in total. The number of phenolic OH excluding ortho intramolecular Hbond substituents is 1. The highest BCUT2D eigenvalue weighted by atomic mass is 79.9. The lowest BCUT2D eigenvalue weighted by Gasteiger charge is -2.03. The lowest BCUT2D eigenvalue weighted by atomic mass is 10.2. The van der Waals surface area contributed by atoms with Crippen molar-refractivity contribution in [2.45, 2.75) is 6.42 Å². The summed E-state index contributed by atoms with van der Waals surface area (Å²) in [6, 6.07) is 4.39. The number of aromatic hydroxyl groups is 1. The Morgan fingerprint density at radius 3 is 2.70 bits per heavy atom. The van der Waals surface area contributed by atoms with E-state index in [0.29, 0.717) is 10.0 Å². The number of hydrazone groups is 1. The van der Waals surface area contributed by atoms with Crippen LogP contribution in [0.3, 0.4) is 0 Å². The smallest absolute Gasteiger partial charge is 0.325 e. The van der Waals surface area contributed by atoms with Crippen molar-refractivity contribution < 1.29 is 9.90 Å². The van der Waals surface area contributed by atoms with Crippen LogP contribution >= 0.6 is 31.9 Å². The van der Waals surface area contributed by atoms with Gasteiger partial charge in [0.05, 0.1) is 17.1 Å². The predicted molar refractivity (Wildman–Crippen MR) is 90.6 cm³/mol. The quantitative estimate of drug-likeness (QED) is 0.413. The first-order valence-corrected chi connectivity index (χ1v) is 7.76. The van der Waals surface area contributed by atoms with Gasteiger partial charge < -0.3 is 10.1 Å². The highest BCUT2D eigenvalue weighted by Crippen LogP contribution is 2.30. The van der Waals surface area contributed by atoms with E-state index in [1.165, 1.54) is 6.21 Å². The van der Waals surface area contributed by atoms with E-state index in [1.807, 2.05) is 4.98 Å². The molecule has 10 heteroatoms. The average molecular weight is 446 g/mol. The Morgan fingerprint density at radius 2 is 2.00 bits per heavy atom. The van der Waals surface area contributed by atoms with Crippen molar-refractivity contribution in [2.75, 3.05) is 0 Å². The maximum atomic E-state index is 11.7. The van der Waals surface area contributed by atoms with Crippen molar-refractivity contribution in [3.05, 3.63) is 59.2 Å². The van der Waals surface area contributed by atoms with E-state index in [9.17, 15) is 19.5 Å². The van der Waals surface area contributed by atoms with Crippen molar-refractivity contribution in [3.63, 3.8) is 0 Å². The molecule has 0 bridgehead atoms. The highest BCUT2D eigenvalue weighted by molar-refractivity contribution is 9.11. The third kappa shape index (κ3) is 4.89. The van der Waals surface area contributed by atoms with Crippen LogP contribution in [0.5, 0.6) is 5.75 Å². The van der Waals surface area contributed by atoms with Crippen LogP contribution in [-0.2, 0) is 11.2 Å². The van der Waals surface area contributed by atoms with E-state index in [2.05, 4.69) is 47.4 Å². The molecule has 1 aromatic heterocycles. The van der Waals surface area contributed by atoms with E-state index < -0.39 is 17.2 Å². The van der Waals surface area contributed by atoms with Crippen LogP contribution < -0.4 is 16.7 Å². The Balaban J connectivity index is 2.04. The maximum absolute atomic E-state index is 11.7. The molecule has 0 unspecified atom stereocenters. The number of carbonyl (C=O) groups excluding carboxylic acids is 1. The Hall–Kier alpha value is -2.20. The molecule has 120 valence electrons. The van der Waals surface area contributed by atoms with Crippen LogP contribution in [0.15, 0.2) is 41.8 Å². The molecule has 1 amide bonds. The molecular formula is C13H10Br2N4O4. The standard InChI is InChI=1S/C13H10Br2N4O4/c14-7-1-6(12(22)9(15)2-7)5-16-19-11(21)4-8-3-10(20)18-13(23)17-8/h1-3,5,22H,4H2,(H,19,21)(H2,17,18,20,23). The lowest BCUT2D eigenvalue weighted by Crippen LogP contribution is -2.26. The summed E-state index contributed by atoms with van der Waals surface area (Å²) in [6.45, 7) is 0. The zero-order valence-corrected chi connectivity index (χ0v) is 14.6. The number of aromatic nitrogens is 2. The molecule has 2 aromatic rings. The second kappa shape index (κ2) is 7.38. The van der Waals surface area contributed by atoms with E-state index >= 15 is 0 Å². The number of carbonyl (C=O) groups is 1. The summed E-state index contributed by atoms with van der Waals surface area (Å²) in [5.41, 5.74) is 1.51. The third-order valence-corrected chi connectivity index (χ3v) is 3.68. The van der Waals surface area contributed by atoms with Gasteiger partial charge in [-0.2, -0.15) is 5.10 Å². The first-order chi connectivity index (χ1) is 10.8. The number of hydrogen-bond donors (Lipinski definition) is 4. The summed E-state index contributed by atoms with van der Waals surface area (Å²) in [4.78, 5) is 38.2. The minimum atomic E-state index is -0.687. The van der Waals surface area contributed by atoms with Crippen molar-refractivity contribution >= 4 is 44.0 Å². The molecule has 8 nitrogen and oxygen atoms in total. The lowest BCUT2D eigenvalue weighted by molar-refractivity contribution is -0.120. The fourth-order valence-electron chi connectivity index (χ4n) is 1.69. The molecule has 23 heavy (non-hydrogen) atoms. The zero-order chi connectivity index (χ0) is 17.0. The SMILES string of the molecule is O=C(Cc1cc(=O)[nH]c(=O)[nH]1)NN=Cc1cc(Br)cc(Br)c1O. The summed E-state index contributed by atoms with van der Waals surface area (Å²) >= 11 is 6.45. The Kier molecular flexibility index (Phi) is 5.50. The topological polar surface area (TPSA) is 127 Å². The van der Waals surface area contributed by atoms with Crippen LogP contribution in [0, 0.1) is 0 Å². The van der Waals surface area contributed by atoms with Gasteiger partial charge in [0.2, 0.25) is 5.91 Å². The molecule has 0 atom stereocenters. The molecule has 0 fully saturated rings. The van der Waals surface area contributed by atoms with Crippen molar-refractivity contribution in [1.82, 2.24) is 15.4 Å². The van der Waals surface area contributed by atoms with E-state index in [1.54, 1.807) is 12.1 Å². The molecular weight excluding hydrogens is 436 g/mol. The summed E-state index contributed by atoms with van der Waals surface area (Å²) in [7, 11) is 0. The van der Waals surface area contributed by atoms with Gasteiger partial charge in [0.25, 0.3) is 5.56 Å².